The second-order valence-corrected chi connectivity index (χ2v) is 8.31. The van der Waals surface area contributed by atoms with E-state index in [1.54, 1.807) is 6.20 Å². The highest BCUT2D eigenvalue weighted by Crippen LogP contribution is 2.39. The van der Waals surface area contributed by atoms with Crippen molar-refractivity contribution in [2.45, 2.75) is 43.9 Å². The van der Waals surface area contributed by atoms with E-state index in [0.717, 1.165) is 36.3 Å². The van der Waals surface area contributed by atoms with E-state index in [1.165, 1.54) is 0 Å². The second kappa shape index (κ2) is 8.18. The van der Waals surface area contributed by atoms with Crippen LogP contribution in [0.4, 0.5) is 0 Å². The number of ether oxygens (including phenoxy) is 1. The molecule has 0 saturated carbocycles. The van der Waals surface area contributed by atoms with Gasteiger partial charge in [-0.05, 0) is 50.3 Å². The minimum atomic E-state index is -0.525. The van der Waals surface area contributed by atoms with Gasteiger partial charge < -0.3 is 9.64 Å². The van der Waals surface area contributed by atoms with Gasteiger partial charge in [-0.1, -0.05) is 23.7 Å². The van der Waals surface area contributed by atoms with E-state index < -0.39 is 5.41 Å². The lowest BCUT2D eigenvalue weighted by atomic mass is 9.72. The van der Waals surface area contributed by atoms with Crippen LogP contribution in [0.3, 0.4) is 0 Å². The van der Waals surface area contributed by atoms with Crippen molar-refractivity contribution in [3.05, 3.63) is 58.6 Å². The predicted molar refractivity (Wildman–Crippen MR) is 109 cm³/mol. The van der Waals surface area contributed by atoms with Gasteiger partial charge >= 0.3 is 0 Å². The summed E-state index contributed by atoms with van der Waals surface area (Å²) in [5, 5.41) is 0.689. The quantitative estimate of drug-likeness (QED) is 0.785. The summed E-state index contributed by atoms with van der Waals surface area (Å²) in [4.78, 5) is 24.8. The molecule has 2 aromatic rings. The number of aryl methyl sites for hydroxylation is 1. The summed E-state index contributed by atoms with van der Waals surface area (Å²) in [6.07, 6.45) is 7.05. The van der Waals surface area contributed by atoms with Crippen LogP contribution in [0, 0.1) is 6.92 Å². The first kappa shape index (κ1) is 19.3. The molecule has 1 unspecified atom stereocenters. The molecule has 0 radical (unpaired) electrons. The smallest absolute Gasteiger partial charge is 0.233 e. The molecule has 1 atom stereocenters. The van der Waals surface area contributed by atoms with Crippen molar-refractivity contribution >= 4 is 17.5 Å². The molecule has 4 rings (SSSR count). The molecule has 2 fully saturated rings. The first-order valence-electron chi connectivity index (χ1n) is 10.0. The van der Waals surface area contributed by atoms with Crippen molar-refractivity contribution in [1.29, 1.82) is 0 Å². The molecule has 2 saturated heterocycles. The Balaban J connectivity index is 1.60. The summed E-state index contributed by atoms with van der Waals surface area (Å²) in [7, 11) is 0. The molecule has 6 heteroatoms. The number of benzene rings is 1. The average molecular weight is 400 g/mol. The lowest BCUT2D eigenvalue weighted by molar-refractivity contribution is -0.142. The van der Waals surface area contributed by atoms with E-state index in [2.05, 4.69) is 9.97 Å². The molecule has 28 heavy (non-hydrogen) atoms. The van der Waals surface area contributed by atoms with E-state index in [9.17, 15) is 4.79 Å². The normalized spacial score (nSPS) is 22.1. The number of carbonyl (C=O) groups is 1. The van der Waals surface area contributed by atoms with Crippen molar-refractivity contribution in [2.24, 2.45) is 0 Å². The highest BCUT2D eigenvalue weighted by Gasteiger charge is 2.45. The first-order chi connectivity index (χ1) is 13.6. The summed E-state index contributed by atoms with van der Waals surface area (Å²) < 4.78 is 5.60. The fourth-order valence-corrected chi connectivity index (χ4v) is 4.63. The maximum Gasteiger partial charge on any atom is 0.233 e. The van der Waals surface area contributed by atoms with Gasteiger partial charge in [0.15, 0.2) is 0 Å². The van der Waals surface area contributed by atoms with Gasteiger partial charge in [0, 0.05) is 49.6 Å². The zero-order valence-corrected chi connectivity index (χ0v) is 17.0. The van der Waals surface area contributed by atoms with E-state index in [0.29, 0.717) is 37.6 Å². The molecule has 1 aromatic heterocycles. The fraction of sp³-hybridized carbons (Fsp3) is 0.500. The van der Waals surface area contributed by atoms with Gasteiger partial charge in [-0.3, -0.25) is 14.8 Å². The average Bonchev–Trinajstić information content (AvgIpc) is 2.74. The van der Waals surface area contributed by atoms with E-state index in [1.807, 2.05) is 42.3 Å². The van der Waals surface area contributed by atoms with Gasteiger partial charge in [-0.2, -0.15) is 0 Å². The maximum atomic E-state index is 13.8. The van der Waals surface area contributed by atoms with Crippen LogP contribution in [-0.2, 0) is 14.9 Å². The topological polar surface area (TPSA) is 55.3 Å². The minimum absolute atomic E-state index is 0.212. The van der Waals surface area contributed by atoms with Gasteiger partial charge in [0.25, 0.3) is 0 Å². The molecule has 2 aliphatic rings. The third-order valence-electron chi connectivity index (χ3n) is 6.05. The number of halogens is 1. The Kier molecular flexibility index (Phi) is 5.65. The zero-order valence-electron chi connectivity index (χ0n) is 16.2. The van der Waals surface area contributed by atoms with E-state index in [4.69, 9.17) is 16.3 Å². The Hall–Kier alpha value is -1.98. The van der Waals surface area contributed by atoms with Crippen molar-refractivity contribution in [2.75, 3.05) is 26.3 Å². The number of hydrogen-bond donors (Lipinski definition) is 0. The van der Waals surface area contributed by atoms with Crippen molar-refractivity contribution in [3.63, 3.8) is 0 Å². The van der Waals surface area contributed by atoms with Crippen LogP contribution in [0.5, 0.6) is 0 Å². The molecule has 3 heterocycles. The van der Waals surface area contributed by atoms with Gasteiger partial charge in [0.1, 0.15) is 0 Å². The summed E-state index contributed by atoms with van der Waals surface area (Å²) >= 11 is 6.09. The molecule has 0 bridgehead atoms. The number of hydrogen-bond acceptors (Lipinski definition) is 4. The number of carbonyl (C=O) groups excluding carboxylic acids is 1. The van der Waals surface area contributed by atoms with Crippen LogP contribution < -0.4 is 0 Å². The van der Waals surface area contributed by atoms with Crippen LogP contribution in [0.2, 0.25) is 5.02 Å². The Morgan fingerprint density at radius 1 is 1.21 bits per heavy atom. The van der Waals surface area contributed by atoms with Gasteiger partial charge in [0.05, 0.1) is 16.8 Å². The maximum absolute atomic E-state index is 13.8. The van der Waals surface area contributed by atoms with Crippen LogP contribution in [0.1, 0.15) is 48.6 Å². The van der Waals surface area contributed by atoms with Crippen molar-refractivity contribution < 1.29 is 9.53 Å². The second-order valence-electron chi connectivity index (χ2n) is 7.88. The monoisotopic (exact) mass is 399 g/mol. The SMILES string of the molecule is Cc1cncc(C2CCCN(C(=O)C3(c4ccc(Cl)cc4)CCOCC3)C2)n1. The Labute approximate surface area is 171 Å². The number of nitrogens with zero attached hydrogens (tertiary/aromatic N) is 3. The minimum Gasteiger partial charge on any atom is -0.381 e. The molecule has 2 aliphatic heterocycles. The van der Waals surface area contributed by atoms with Gasteiger partial charge in [0.2, 0.25) is 5.91 Å². The molecule has 0 spiro atoms. The number of amides is 1. The van der Waals surface area contributed by atoms with Crippen LogP contribution in [-0.4, -0.2) is 47.1 Å². The first-order valence-corrected chi connectivity index (χ1v) is 10.4. The van der Waals surface area contributed by atoms with E-state index >= 15 is 0 Å². The Morgan fingerprint density at radius 3 is 2.68 bits per heavy atom. The molecule has 0 aliphatic carbocycles. The van der Waals surface area contributed by atoms with E-state index in [-0.39, 0.29) is 11.8 Å². The molecule has 1 aromatic carbocycles. The van der Waals surface area contributed by atoms with Crippen LogP contribution in [0.15, 0.2) is 36.7 Å². The number of rotatable bonds is 3. The lowest BCUT2D eigenvalue weighted by Gasteiger charge is -2.42. The molecular weight excluding hydrogens is 374 g/mol. The third-order valence-corrected chi connectivity index (χ3v) is 6.31. The molecule has 5 nitrogen and oxygen atoms in total. The predicted octanol–water partition coefficient (Wildman–Crippen LogP) is 3.89. The summed E-state index contributed by atoms with van der Waals surface area (Å²) in [6.45, 7) is 4.67. The third kappa shape index (κ3) is 3.78. The fourth-order valence-electron chi connectivity index (χ4n) is 4.50. The number of piperidine rings is 1. The molecule has 1 amide bonds. The van der Waals surface area contributed by atoms with Crippen molar-refractivity contribution in [3.8, 4) is 0 Å². The zero-order chi connectivity index (χ0) is 19.6. The molecule has 148 valence electrons. The largest absolute Gasteiger partial charge is 0.381 e. The highest BCUT2D eigenvalue weighted by molar-refractivity contribution is 6.30. The summed E-state index contributed by atoms with van der Waals surface area (Å²) in [5.74, 6) is 0.454. The standard InChI is InChI=1S/C22H26ClN3O2/c1-16-13-24-14-20(25-16)17-3-2-10-26(15-17)21(27)22(8-11-28-12-9-22)18-4-6-19(23)7-5-18/h4-7,13-14,17H,2-3,8-12,15H2,1H3. The number of aromatic nitrogens is 2. The summed E-state index contributed by atoms with van der Waals surface area (Å²) in [5.41, 5.74) is 2.43. The Morgan fingerprint density at radius 2 is 1.96 bits per heavy atom. The van der Waals surface area contributed by atoms with Crippen LogP contribution in [0.25, 0.3) is 0 Å². The van der Waals surface area contributed by atoms with Crippen molar-refractivity contribution in [1.82, 2.24) is 14.9 Å². The highest BCUT2D eigenvalue weighted by atomic mass is 35.5. The molecular formula is C22H26ClN3O2. The molecule has 0 N–H and O–H groups in total. The van der Waals surface area contributed by atoms with Crippen LogP contribution >= 0.6 is 11.6 Å². The summed E-state index contributed by atoms with van der Waals surface area (Å²) in [6, 6.07) is 7.75. The number of likely N-dealkylation sites (tertiary alicyclic amines) is 1. The Bertz CT molecular complexity index is 834. The lowest BCUT2D eigenvalue weighted by Crippen LogP contribution is -2.52. The van der Waals surface area contributed by atoms with Gasteiger partial charge in [-0.25, -0.2) is 0 Å². The van der Waals surface area contributed by atoms with Gasteiger partial charge in [-0.15, -0.1) is 0 Å².